The van der Waals surface area contributed by atoms with E-state index in [2.05, 4.69) is 57.5 Å². The third-order valence-electron chi connectivity index (χ3n) is 2.03. The normalized spacial score (nSPS) is 11.6. The highest BCUT2D eigenvalue weighted by Gasteiger charge is 2.31. The van der Waals surface area contributed by atoms with Crippen molar-refractivity contribution in [2.45, 2.75) is 39.3 Å². The number of hydrogen-bond donors (Lipinski definition) is 0. The van der Waals surface area contributed by atoms with Gasteiger partial charge < -0.3 is 0 Å². The van der Waals surface area contributed by atoms with Crippen LogP contribution in [0.15, 0.2) is 22.7 Å². The molecule has 14 heavy (non-hydrogen) atoms. The van der Waals surface area contributed by atoms with E-state index in [-0.39, 0.29) is 0 Å². The van der Waals surface area contributed by atoms with Crippen molar-refractivity contribution in [3.05, 3.63) is 22.7 Å². The van der Waals surface area contributed by atoms with Gasteiger partial charge in [0, 0.05) is 5.20 Å². The standard InChI is InChI=1S/C11H20OSi2/c1-8-10(13(2,3)4)11(9-12)14(5,6)7/h1H2,2-7H3. The molecular weight excluding hydrogens is 204 g/mol. The van der Waals surface area contributed by atoms with Crippen molar-refractivity contribution in [3.63, 3.8) is 0 Å². The quantitative estimate of drug-likeness (QED) is 0.311. The summed E-state index contributed by atoms with van der Waals surface area (Å²) in [5.41, 5.74) is 2.96. The van der Waals surface area contributed by atoms with Crippen LogP contribution in [0.3, 0.4) is 0 Å². The van der Waals surface area contributed by atoms with Gasteiger partial charge >= 0.3 is 0 Å². The van der Waals surface area contributed by atoms with Crippen molar-refractivity contribution >= 4 is 22.1 Å². The minimum absolute atomic E-state index is 0.867. The van der Waals surface area contributed by atoms with Crippen LogP contribution in [-0.4, -0.2) is 22.1 Å². The molecule has 0 heterocycles. The second kappa shape index (κ2) is 4.28. The van der Waals surface area contributed by atoms with Crippen LogP contribution >= 0.6 is 0 Å². The van der Waals surface area contributed by atoms with Crippen LogP contribution < -0.4 is 0 Å². The molecule has 0 rings (SSSR count). The Morgan fingerprint density at radius 1 is 0.929 bits per heavy atom. The molecule has 78 valence electrons. The first-order valence-corrected chi connectivity index (χ1v) is 11.8. The lowest BCUT2D eigenvalue weighted by Gasteiger charge is -2.26. The fourth-order valence-corrected chi connectivity index (χ4v) is 6.03. The van der Waals surface area contributed by atoms with Crippen LogP contribution in [0.1, 0.15) is 0 Å². The molecule has 3 heteroatoms. The van der Waals surface area contributed by atoms with Gasteiger partial charge in [0.1, 0.15) is 5.94 Å². The van der Waals surface area contributed by atoms with Crippen molar-refractivity contribution in [2.24, 2.45) is 0 Å². The predicted octanol–water partition coefficient (Wildman–Crippen LogP) is 3.21. The number of allylic oxidation sites excluding steroid dienone is 2. The van der Waals surface area contributed by atoms with Gasteiger partial charge in [0.25, 0.3) is 0 Å². The van der Waals surface area contributed by atoms with Gasteiger partial charge in [-0.1, -0.05) is 45.9 Å². The summed E-state index contributed by atoms with van der Waals surface area (Å²) in [4.78, 5) is 11.0. The Hall–Kier alpha value is -0.596. The zero-order chi connectivity index (χ0) is 11.6. The Labute approximate surface area is 89.2 Å². The molecule has 0 aliphatic heterocycles. The van der Waals surface area contributed by atoms with Crippen LogP contribution in [0.5, 0.6) is 0 Å². The average molecular weight is 224 g/mol. The van der Waals surface area contributed by atoms with E-state index in [0.717, 1.165) is 10.4 Å². The molecule has 0 bridgehead atoms. The minimum atomic E-state index is -1.59. The van der Waals surface area contributed by atoms with E-state index in [1.165, 1.54) is 0 Å². The average Bonchev–Trinajstić information content (AvgIpc) is 1.94. The molecule has 0 aromatic carbocycles. The van der Waals surface area contributed by atoms with Gasteiger partial charge in [-0.15, -0.1) is 5.73 Å². The van der Waals surface area contributed by atoms with Crippen molar-refractivity contribution in [1.29, 1.82) is 0 Å². The summed E-state index contributed by atoms with van der Waals surface area (Å²) in [6, 6.07) is 0. The highest BCUT2D eigenvalue weighted by atomic mass is 28.3. The fraction of sp³-hybridized carbons (Fsp3) is 0.545. The minimum Gasteiger partial charge on any atom is -0.234 e. The molecule has 0 saturated carbocycles. The SMILES string of the molecule is C=C=C(C(=C=O)[Si](C)(C)C)[Si](C)(C)C. The van der Waals surface area contributed by atoms with E-state index >= 15 is 0 Å². The lowest BCUT2D eigenvalue weighted by Crippen LogP contribution is -2.35. The second-order valence-electron chi connectivity index (χ2n) is 5.53. The summed E-state index contributed by atoms with van der Waals surface area (Å²) in [5.74, 6) is 2.12. The van der Waals surface area contributed by atoms with E-state index in [4.69, 9.17) is 0 Å². The van der Waals surface area contributed by atoms with Crippen LogP contribution in [-0.2, 0) is 4.79 Å². The molecule has 0 aromatic rings. The number of hydrogen-bond acceptors (Lipinski definition) is 1. The predicted molar refractivity (Wildman–Crippen MR) is 68.6 cm³/mol. The zero-order valence-corrected chi connectivity index (χ0v) is 12.1. The highest BCUT2D eigenvalue weighted by molar-refractivity contribution is 6.92. The fourth-order valence-electron chi connectivity index (χ4n) is 1.31. The van der Waals surface area contributed by atoms with E-state index in [1.807, 2.05) is 0 Å². The van der Waals surface area contributed by atoms with E-state index in [1.54, 1.807) is 0 Å². The van der Waals surface area contributed by atoms with Gasteiger partial charge in [-0.3, -0.25) is 0 Å². The van der Waals surface area contributed by atoms with Crippen molar-refractivity contribution < 1.29 is 4.79 Å². The maximum Gasteiger partial charge on any atom is 0.123 e. The summed E-state index contributed by atoms with van der Waals surface area (Å²) in [6.07, 6.45) is 0. The molecule has 0 amide bonds. The van der Waals surface area contributed by atoms with Crippen molar-refractivity contribution in [1.82, 2.24) is 0 Å². The Morgan fingerprint density at radius 2 is 1.29 bits per heavy atom. The van der Waals surface area contributed by atoms with Crippen molar-refractivity contribution in [3.8, 4) is 0 Å². The zero-order valence-electron chi connectivity index (χ0n) is 10.1. The molecule has 0 aliphatic carbocycles. The Kier molecular flexibility index (Phi) is 4.10. The molecule has 0 saturated heterocycles. The van der Waals surface area contributed by atoms with Gasteiger partial charge in [-0.2, -0.15) is 0 Å². The molecule has 0 aromatic heterocycles. The summed E-state index contributed by atoms with van der Waals surface area (Å²) in [6.45, 7) is 16.8. The Morgan fingerprint density at radius 3 is 1.36 bits per heavy atom. The molecular formula is C11H20OSi2. The summed E-state index contributed by atoms with van der Waals surface area (Å²) >= 11 is 0. The first-order chi connectivity index (χ1) is 6.14. The second-order valence-corrected chi connectivity index (χ2v) is 15.5. The van der Waals surface area contributed by atoms with Crippen molar-refractivity contribution in [2.75, 3.05) is 0 Å². The Bertz CT molecular complexity index is 282. The molecule has 0 atom stereocenters. The molecule has 0 fully saturated rings. The largest absolute Gasteiger partial charge is 0.234 e. The maximum absolute atomic E-state index is 11.0. The highest BCUT2D eigenvalue weighted by Crippen LogP contribution is 2.26. The van der Waals surface area contributed by atoms with Gasteiger partial charge in [-0.25, -0.2) is 4.79 Å². The summed E-state index contributed by atoms with van der Waals surface area (Å²) in [5, 5.41) is 1.93. The molecule has 0 unspecified atom stereocenters. The van der Waals surface area contributed by atoms with Gasteiger partial charge in [-0.05, 0) is 5.20 Å². The lowest BCUT2D eigenvalue weighted by atomic mass is 10.5. The number of rotatable bonds is 3. The van der Waals surface area contributed by atoms with Gasteiger partial charge in [0.05, 0.1) is 16.1 Å². The topological polar surface area (TPSA) is 17.1 Å². The number of carbonyl (C=O) groups excluding carboxylic acids is 1. The van der Waals surface area contributed by atoms with Gasteiger partial charge in [0.2, 0.25) is 0 Å². The first-order valence-electron chi connectivity index (χ1n) is 4.81. The smallest absolute Gasteiger partial charge is 0.123 e. The van der Waals surface area contributed by atoms with Crippen LogP contribution in [0.25, 0.3) is 0 Å². The molecule has 0 radical (unpaired) electrons. The maximum atomic E-state index is 11.0. The third-order valence-corrected chi connectivity index (χ3v) is 6.06. The van der Waals surface area contributed by atoms with E-state index < -0.39 is 16.1 Å². The molecule has 0 N–H and O–H groups in total. The van der Waals surface area contributed by atoms with E-state index in [9.17, 15) is 4.79 Å². The molecule has 1 nitrogen and oxygen atoms in total. The van der Waals surface area contributed by atoms with Crippen LogP contribution in [0, 0.1) is 0 Å². The molecule has 0 spiro atoms. The lowest BCUT2D eigenvalue weighted by molar-refractivity contribution is 0.568. The molecule has 0 aliphatic rings. The first kappa shape index (κ1) is 13.4. The van der Waals surface area contributed by atoms with Gasteiger partial charge in [0.15, 0.2) is 0 Å². The summed E-state index contributed by atoms with van der Waals surface area (Å²) < 4.78 is 0. The van der Waals surface area contributed by atoms with Crippen LogP contribution in [0.2, 0.25) is 39.3 Å². The monoisotopic (exact) mass is 224 g/mol. The Balaban J connectivity index is 5.51. The van der Waals surface area contributed by atoms with E-state index in [0.29, 0.717) is 0 Å². The van der Waals surface area contributed by atoms with Crippen LogP contribution in [0.4, 0.5) is 0 Å². The third kappa shape index (κ3) is 3.28. The summed E-state index contributed by atoms with van der Waals surface area (Å²) in [7, 11) is -3.09.